The van der Waals surface area contributed by atoms with E-state index >= 15 is 0 Å². The molecule has 1 rings (SSSR count). The summed E-state index contributed by atoms with van der Waals surface area (Å²) in [5.41, 5.74) is 7.74. The molecule has 66 valence electrons. The Bertz CT molecular complexity index is 269. The zero-order chi connectivity index (χ0) is 9.14. The van der Waals surface area contributed by atoms with Crippen molar-refractivity contribution in [1.82, 2.24) is 0 Å². The van der Waals surface area contributed by atoms with E-state index < -0.39 is 0 Å². The summed E-state index contributed by atoms with van der Waals surface area (Å²) in [5.74, 6) is -0.209. The third-order valence-corrected chi connectivity index (χ3v) is 1.98. The van der Waals surface area contributed by atoms with E-state index in [1.54, 1.807) is 6.07 Å². The molecule has 0 saturated heterocycles. The van der Waals surface area contributed by atoms with Gasteiger partial charge >= 0.3 is 0 Å². The van der Waals surface area contributed by atoms with E-state index in [4.69, 9.17) is 5.73 Å². The number of hydrogen-bond acceptors (Lipinski definition) is 1. The lowest BCUT2D eigenvalue weighted by atomic mass is 10.0. The Morgan fingerprint density at radius 2 is 2.17 bits per heavy atom. The summed E-state index contributed by atoms with van der Waals surface area (Å²) in [5, 5.41) is 0. The first-order valence-corrected chi connectivity index (χ1v) is 4.19. The highest BCUT2D eigenvalue weighted by Crippen LogP contribution is 2.17. The molecule has 0 fully saturated rings. The Balaban J connectivity index is 3.12. The summed E-state index contributed by atoms with van der Waals surface area (Å²) in [6.07, 6.45) is 0.900. The van der Waals surface area contributed by atoms with Gasteiger partial charge in [-0.2, -0.15) is 0 Å². The summed E-state index contributed by atoms with van der Waals surface area (Å²) in [6, 6.07) is 4.71. The van der Waals surface area contributed by atoms with Crippen LogP contribution < -0.4 is 5.73 Å². The van der Waals surface area contributed by atoms with Crippen LogP contribution in [0.4, 0.5) is 4.39 Å². The van der Waals surface area contributed by atoms with Crippen LogP contribution in [0.5, 0.6) is 0 Å². The van der Waals surface area contributed by atoms with Gasteiger partial charge in [0.2, 0.25) is 0 Å². The normalized spacial score (nSPS) is 13.0. The van der Waals surface area contributed by atoms with Crippen LogP contribution in [0.25, 0.3) is 0 Å². The van der Waals surface area contributed by atoms with Crippen molar-refractivity contribution < 1.29 is 4.39 Å². The van der Waals surface area contributed by atoms with Gasteiger partial charge in [-0.1, -0.05) is 13.0 Å². The maximum atomic E-state index is 12.8. The van der Waals surface area contributed by atoms with E-state index in [0.29, 0.717) is 0 Å². The molecule has 2 heteroatoms. The minimum atomic E-state index is -0.209. The Morgan fingerprint density at radius 3 is 2.67 bits per heavy atom. The molecule has 1 unspecified atom stereocenters. The molecular weight excluding hydrogens is 153 g/mol. The predicted octanol–water partition coefficient (Wildman–Crippen LogP) is 2.41. The van der Waals surface area contributed by atoms with Gasteiger partial charge in [0.1, 0.15) is 5.82 Å². The van der Waals surface area contributed by atoms with Gasteiger partial charge in [-0.3, -0.25) is 0 Å². The van der Waals surface area contributed by atoms with Crippen molar-refractivity contribution in [3.8, 4) is 0 Å². The molecule has 1 atom stereocenters. The molecule has 0 aliphatic rings. The van der Waals surface area contributed by atoms with Crippen LogP contribution in [0, 0.1) is 5.82 Å². The third kappa shape index (κ3) is 1.83. The molecule has 0 bridgehead atoms. The third-order valence-electron chi connectivity index (χ3n) is 1.98. The van der Waals surface area contributed by atoms with E-state index in [1.165, 1.54) is 12.1 Å². The van der Waals surface area contributed by atoms with Gasteiger partial charge in [-0.15, -0.1) is 0 Å². The Hall–Kier alpha value is -0.890. The summed E-state index contributed by atoms with van der Waals surface area (Å²) < 4.78 is 12.8. The van der Waals surface area contributed by atoms with E-state index in [2.05, 4.69) is 0 Å². The van der Waals surface area contributed by atoms with Crippen LogP contribution >= 0.6 is 0 Å². The van der Waals surface area contributed by atoms with E-state index in [-0.39, 0.29) is 11.9 Å². The van der Waals surface area contributed by atoms with Gasteiger partial charge in [0.05, 0.1) is 0 Å². The molecule has 0 radical (unpaired) electrons. The summed E-state index contributed by atoms with van der Waals surface area (Å²) in [6.45, 7) is 3.91. The number of rotatable bonds is 2. The topological polar surface area (TPSA) is 26.0 Å². The Morgan fingerprint density at radius 1 is 1.50 bits per heavy atom. The van der Waals surface area contributed by atoms with Gasteiger partial charge in [0.15, 0.2) is 0 Å². The molecule has 1 aromatic carbocycles. The molecular formula is C10H14FN. The second-order valence-electron chi connectivity index (χ2n) is 2.99. The maximum Gasteiger partial charge on any atom is 0.123 e. The molecule has 12 heavy (non-hydrogen) atoms. The van der Waals surface area contributed by atoms with Crippen LogP contribution in [-0.4, -0.2) is 0 Å². The average Bonchev–Trinajstić information content (AvgIpc) is 2.04. The van der Waals surface area contributed by atoms with E-state index in [1.807, 2.05) is 13.8 Å². The fourth-order valence-electron chi connectivity index (χ4n) is 1.31. The Labute approximate surface area is 72.4 Å². The number of aryl methyl sites for hydroxylation is 1. The van der Waals surface area contributed by atoms with Crippen molar-refractivity contribution in [2.24, 2.45) is 5.73 Å². The van der Waals surface area contributed by atoms with Crippen LogP contribution in [0.3, 0.4) is 0 Å². The first-order chi connectivity index (χ1) is 5.65. The fourth-order valence-corrected chi connectivity index (χ4v) is 1.31. The molecule has 1 aromatic rings. The number of hydrogen-bond donors (Lipinski definition) is 1. The zero-order valence-electron chi connectivity index (χ0n) is 7.47. The highest BCUT2D eigenvalue weighted by Gasteiger charge is 2.05. The second kappa shape index (κ2) is 3.68. The molecule has 0 aliphatic carbocycles. The van der Waals surface area contributed by atoms with Crippen LogP contribution in [0.15, 0.2) is 18.2 Å². The maximum absolute atomic E-state index is 12.8. The van der Waals surface area contributed by atoms with Crippen molar-refractivity contribution in [3.05, 3.63) is 35.1 Å². The average molecular weight is 167 g/mol. The molecule has 0 saturated carbocycles. The fraction of sp³-hybridized carbons (Fsp3) is 0.400. The smallest absolute Gasteiger partial charge is 0.123 e. The minimum Gasteiger partial charge on any atom is -0.324 e. The minimum absolute atomic E-state index is 0.0874. The van der Waals surface area contributed by atoms with Crippen molar-refractivity contribution in [1.29, 1.82) is 0 Å². The highest BCUT2D eigenvalue weighted by molar-refractivity contribution is 5.30. The molecule has 0 spiro atoms. The lowest BCUT2D eigenvalue weighted by Crippen LogP contribution is -2.08. The lowest BCUT2D eigenvalue weighted by Gasteiger charge is -2.10. The van der Waals surface area contributed by atoms with Gasteiger partial charge in [-0.25, -0.2) is 4.39 Å². The molecule has 0 amide bonds. The largest absolute Gasteiger partial charge is 0.324 e. The van der Waals surface area contributed by atoms with Crippen LogP contribution in [-0.2, 0) is 6.42 Å². The quantitative estimate of drug-likeness (QED) is 0.719. The van der Waals surface area contributed by atoms with Gasteiger partial charge < -0.3 is 5.73 Å². The summed E-state index contributed by atoms with van der Waals surface area (Å²) in [7, 11) is 0. The first-order valence-electron chi connectivity index (χ1n) is 4.19. The molecule has 0 aromatic heterocycles. The molecule has 2 N–H and O–H groups in total. The van der Waals surface area contributed by atoms with Crippen LogP contribution in [0.1, 0.15) is 31.0 Å². The van der Waals surface area contributed by atoms with Crippen LogP contribution in [0.2, 0.25) is 0 Å². The molecule has 1 nitrogen and oxygen atoms in total. The van der Waals surface area contributed by atoms with E-state index in [0.717, 1.165) is 17.5 Å². The van der Waals surface area contributed by atoms with Gasteiger partial charge in [0, 0.05) is 6.04 Å². The van der Waals surface area contributed by atoms with Crippen molar-refractivity contribution >= 4 is 0 Å². The lowest BCUT2D eigenvalue weighted by molar-refractivity contribution is 0.620. The van der Waals surface area contributed by atoms with Gasteiger partial charge in [-0.05, 0) is 36.6 Å². The van der Waals surface area contributed by atoms with Crippen molar-refractivity contribution in [2.75, 3.05) is 0 Å². The van der Waals surface area contributed by atoms with Crippen molar-refractivity contribution in [2.45, 2.75) is 26.3 Å². The van der Waals surface area contributed by atoms with Crippen molar-refractivity contribution in [3.63, 3.8) is 0 Å². The Kier molecular flexibility index (Phi) is 2.82. The van der Waals surface area contributed by atoms with E-state index in [9.17, 15) is 4.39 Å². The highest BCUT2D eigenvalue weighted by atomic mass is 19.1. The molecule has 0 heterocycles. The number of nitrogens with two attached hydrogens (primary N) is 1. The van der Waals surface area contributed by atoms with Gasteiger partial charge in [0.25, 0.3) is 0 Å². The molecule has 0 aliphatic heterocycles. The monoisotopic (exact) mass is 167 g/mol. The zero-order valence-corrected chi connectivity index (χ0v) is 7.47. The summed E-state index contributed by atoms with van der Waals surface area (Å²) in [4.78, 5) is 0. The second-order valence-corrected chi connectivity index (χ2v) is 2.99. The standard InChI is InChI=1S/C10H14FN/c1-3-8-4-5-9(11)6-10(8)7(2)12/h4-7H,3,12H2,1-2H3. The SMILES string of the molecule is CCc1ccc(F)cc1C(C)N. The first kappa shape index (κ1) is 9.20. The number of halogens is 1. The predicted molar refractivity (Wildman–Crippen MR) is 48.4 cm³/mol. The number of benzene rings is 1. The summed E-state index contributed by atoms with van der Waals surface area (Å²) >= 11 is 0.